The third-order valence-corrected chi connectivity index (χ3v) is 3.53. The van der Waals surface area contributed by atoms with Gasteiger partial charge in [-0.3, -0.25) is 4.79 Å². The van der Waals surface area contributed by atoms with E-state index in [1.54, 1.807) is 0 Å². The van der Waals surface area contributed by atoms with E-state index in [4.69, 9.17) is 5.11 Å². The van der Waals surface area contributed by atoms with Gasteiger partial charge in [0.05, 0.1) is 6.61 Å². The molecule has 0 spiro atoms. The van der Waals surface area contributed by atoms with Gasteiger partial charge in [-0.25, -0.2) is 0 Å². The average Bonchev–Trinajstić information content (AvgIpc) is 2.42. The van der Waals surface area contributed by atoms with Crippen molar-refractivity contribution < 1.29 is 9.90 Å². The summed E-state index contributed by atoms with van der Waals surface area (Å²) < 4.78 is 0. The van der Waals surface area contributed by atoms with E-state index in [0.29, 0.717) is 6.42 Å². The highest BCUT2D eigenvalue weighted by molar-refractivity contribution is 5.93. The van der Waals surface area contributed by atoms with Gasteiger partial charge in [0, 0.05) is 12.1 Å². The zero-order valence-electron chi connectivity index (χ0n) is 11.4. The molecule has 0 unspecified atom stereocenters. The number of benzene rings is 1. The molecular weight excluding hydrogens is 238 g/mol. The number of aliphatic hydroxyl groups excluding tert-OH is 1. The number of allylic oxidation sites excluding steroid dienone is 1. The first kappa shape index (κ1) is 13.8. The summed E-state index contributed by atoms with van der Waals surface area (Å²) in [7, 11) is 0. The van der Waals surface area contributed by atoms with Crippen LogP contribution in [-0.4, -0.2) is 11.0 Å². The van der Waals surface area contributed by atoms with Crippen molar-refractivity contribution in [3.63, 3.8) is 0 Å². The van der Waals surface area contributed by atoms with E-state index in [9.17, 15) is 4.79 Å². The monoisotopic (exact) mass is 259 g/mol. The van der Waals surface area contributed by atoms with Crippen LogP contribution in [0.5, 0.6) is 0 Å². The molecular formula is C16H21NO2. The summed E-state index contributed by atoms with van der Waals surface area (Å²) in [4.78, 5) is 12.0. The number of carbonyl (C=O) groups is 1. The molecule has 2 rings (SSSR count). The molecule has 0 heterocycles. The van der Waals surface area contributed by atoms with Gasteiger partial charge in [-0.15, -0.1) is 0 Å². The van der Waals surface area contributed by atoms with Crippen molar-refractivity contribution in [1.82, 2.24) is 0 Å². The molecule has 0 bridgehead atoms. The fraction of sp³-hybridized carbons (Fsp3) is 0.438. The summed E-state index contributed by atoms with van der Waals surface area (Å²) >= 11 is 0. The van der Waals surface area contributed by atoms with Gasteiger partial charge in [-0.2, -0.15) is 0 Å². The van der Waals surface area contributed by atoms with Gasteiger partial charge in [0.25, 0.3) is 0 Å². The average molecular weight is 259 g/mol. The topological polar surface area (TPSA) is 49.3 Å². The molecule has 0 atom stereocenters. The van der Waals surface area contributed by atoms with E-state index < -0.39 is 0 Å². The van der Waals surface area contributed by atoms with E-state index in [1.807, 2.05) is 25.1 Å². The number of aryl methyl sites for hydroxylation is 1. The fourth-order valence-electron chi connectivity index (χ4n) is 2.37. The van der Waals surface area contributed by atoms with Gasteiger partial charge in [0.2, 0.25) is 5.91 Å². The Morgan fingerprint density at radius 1 is 1.37 bits per heavy atom. The van der Waals surface area contributed by atoms with E-state index in [0.717, 1.165) is 29.7 Å². The first-order valence-electron chi connectivity index (χ1n) is 6.87. The molecule has 0 radical (unpaired) electrons. The lowest BCUT2D eigenvalue weighted by Crippen LogP contribution is -2.14. The quantitative estimate of drug-likeness (QED) is 0.815. The number of rotatable bonds is 4. The molecule has 19 heavy (non-hydrogen) atoms. The van der Waals surface area contributed by atoms with Crippen molar-refractivity contribution in [3.05, 3.63) is 41.0 Å². The van der Waals surface area contributed by atoms with Crippen LogP contribution in [0.25, 0.3) is 0 Å². The van der Waals surface area contributed by atoms with Crippen LogP contribution in [0.15, 0.2) is 29.8 Å². The zero-order valence-corrected chi connectivity index (χ0v) is 11.4. The Morgan fingerprint density at radius 2 is 2.21 bits per heavy atom. The Hall–Kier alpha value is -1.61. The minimum absolute atomic E-state index is 0.00565. The number of nitrogens with one attached hydrogen (secondary N) is 1. The van der Waals surface area contributed by atoms with Gasteiger partial charge in [0.15, 0.2) is 0 Å². The smallest absolute Gasteiger partial charge is 0.228 e. The Balaban J connectivity index is 2.00. The largest absolute Gasteiger partial charge is 0.392 e. The molecule has 3 heteroatoms. The van der Waals surface area contributed by atoms with E-state index in [1.165, 1.54) is 18.4 Å². The van der Waals surface area contributed by atoms with Crippen molar-refractivity contribution in [1.29, 1.82) is 0 Å². The van der Waals surface area contributed by atoms with Crippen molar-refractivity contribution in [3.8, 4) is 0 Å². The first-order chi connectivity index (χ1) is 9.19. The zero-order chi connectivity index (χ0) is 13.7. The molecule has 1 aromatic carbocycles. The van der Waals surface area contributed by atoms with Crippen molar-refractivity contribution in [2.24, 2.45) is 0 Å². The third kappa shape index (κ3) is 3.93. The number of hydrogen-bond donors (Lipinski definition) is 2. The van der Waals surface area contributed by atoms with E-state index >= 15 is 0 Å². The maximum Gasteiger partial charge on any atom is 0.228 e. The van der Waals surface area contributed by atoms with Crippen molar-refractivity contribution >= 4 is 11.6 Å². The summed E-state index contributed by atoms with van der Waals surface area (Å²) in [6, 6.07) is 5.62. The van der Waals surface area contributed by atoms with Gasteiger partial charge >= 0.3 is 0 Å². The Labute approximate surface area is 114 Å². The number of carbonyl (C=O) groups excluding carboxylic acids is 1. The van der Waals surface area contributed by atoms with Crippen molar-refractivity contribution in [2.45, 2.75) is 45.6 Å². The Kier molecular flexibility index (Phi) is 4.74. The summed E-state index contributed by atoms with van der Waals surface area (Å²) in [6.07, 6.45) is 7.26. The summed E-state index contributed by atoms with van der Waals surface area (Å²) in [6.45, 7) is 1.95. The highest BCUT2D eigenvalue weighted by Crippen LogP contribution is 2.22. The van der Waals surface area contributed by atoms with Gasteiger partial charge in [0.1, 0.15) is 0 Å². The normalized spacial score (nSPS) is 14.9. The SMILES string of the molecule is Cc1ccc(CO)cc1NC(=O)CC1=CCCCC1. The highest BCUT2D eigenvalue weighted by Gasteiger charge is 2.10. The number of anilines is 1. The van der Waals surface area contributed by atoms with Crippen LogP contribution in [0.4, 0.5) is 5.69 Å². The number of hydrogen-bond acceptors (Lipinski definition) is 2. The molecule has 0 aromatic heterocycles. The molecule has 1 aliphatic rings. The molecule has 0 saturated heterocycles. The molecule has 0 fully saturated rings. The second-order valence-electron chi connectivity index (χ2n) is 5.14. The van der Waals surface area contributed by atoms with Crippen LogP contribution in [-0.2, 0) is 11.4 Å². The summed E-state index contributed by atoms with van der Waals surface area (Å²) in [5, 5.41) is 12.1. The predicted molar refractivity (Wildman–Crippen MR) is 76.9 cm³/mol. The van der Waals surface area contributed by atoms with Crippen LogP contribution in [0, 0.1) is 6.92 Å². The highest BCUT2D eigenvalue weighted by atomic mass is 16.3. The second kappa shape index (κ2) is 6.53. The summed E-state index contributed by atoms with van der Waals surface area (Å²) in [5.41, 5.74) is 3.88. The standard InChI is InChI=1S/C16H21NO2/c1-12-7-8-14(11-18)9-15(12)17-16(19)10-13-5-3-2-4-6-13/h5,7-9,18H,2-4,6,10-11H2,1H3,(H,17,19). The second-order valence-corrected chi connectivity index (χ2v) is 5.14. The molecule has 0 saturated carbocycles. The third-order valence-electron chi connectivity index (χ3n) is 3.53. The van der Waals surface area contributed by atoms with Gasteiger partial charge < -0.3 is 10.4 Å². The number of amides is 1. The maximum absolute atomic E-state index is 12.0. The van der Waals surface area contributed by atoms with E-state index in [2.05, 4.69) is 11.4 Å². The number of aliphatic hydroxyl groups is 1. The molecule has 3 nitrogen and oxygen atoms in total. The minimum atomic E-state index is -0.00565. The molecule has 1 aliphatic carbocycles. The predicted octanol–water partition coefficient (Wildman–Crippen LogP) is 3.32. The van der Waals surface area contributed by atoms with Crippen LogP contribution >= 0.6 is 0 Å². The van der Waals surface area contributed by atoms with Gasteiger partial charge in [-0.1, -0.05) is 23.8 Å². The van der Waals surface area contributed by atoms with Gasteiger partial charge in [-0.05, 0) is 49.8 Å². The molecule has 1 amide bonds. The minimum Gasteiger partial charge on any atom is -0.392 e. The molecule has 102 valence electrons. The lowest BCUT2D eigenvalue weighted by Gasteiger charge is -2.14. The lowest BCUT2D eigenvalue weighted by atomic mass is 9.97. The van der Waals surface area contributed by atoms with Crippen LogP contribution in [0.3, 0.4) is 0 Å². The molecule has 2 N–H and O–H groups in total. The maximum atomic E-state index is 12.0. The fourth-order valence-corrected chi connectivity index (χ4v) is 2.37. The van der Waals surface area contributed by atoms with Crippen LogP contribution in [0.1, 0.15) is 43.2 Å². The Bertz CT molecular complexity index is 492. The molecule has 0 aliphatic heterocycles. The van der Waals surface area contributed by atoms with Crippen molar-refractivity contribution in [2.75, 3.05) is 5.32 Å². The van der Waals surface area contributed by atoms with Crippen LogP contribution < -0.4 is 5.32 Å². The Morgan fingerprint density at radius 3 is 2.89 bits per heavy atom. The lowest BCUT2D eigenvalue weighted by molar-refractivity contribution is -0.115. The molecule has 1 aromatic rings. The van der Waals surface area contributed by atoms with Crippen LogP contribution in [0.2, 0.25) is 0 Å². The summed E-state index contributed by atoms with van der Waals surface area (Å²) in [5.74, 6) is 0.0336. The van der Waals surface area contributed by atoms with E-state index in [-0.39, 0.29) is 12.5 Å². The first-order valence-corrected chi connectivity index (χ1v) is 6.87.